The zero-order chi connectivity index (χ0) is 17.2. The molecule has 0 saturated carbocycles. The SMILES string of the molecule is CC(C)c1cc(NCc2cccnc2-n2cncn2)n2nccc2n1. The Morgan fingerprint density at radius 2 is 2.08 bits per heavy atom. The van der Waals surface area contributed by atoms with Crippen LogP contribution in [0.1, 0.15) is 31.0 Å². The summed E-state index contributed by atoms with van der Waals surface area (Å²) in [5, 5.41) is 12.0. The Hall–Kier alpha value is -3.29. The van der Waals surface area contributed by atoms with Crippen molar-refractivity contribution in [3.63, 3.8) is 0 Å². The first-order chi connectivity index (χ1) is 12.2. The third-order valence-corrected chi connectivity index (χ3v) is 3.93. The lowest BCUT2D eigenvalue weighted by atomic mass is 10.1. The number of fused-ring (bicyclic) bond motifs is 1. The van der Waals surface area contributed by atoms with Crippen LogP contribution < -0.4 is 5.32 Å². The van der Waals surface area contributed by atoms with Crippen molar-refractivity contribution in [2.75, 3.05) is 5.32 Å². The van der Waals surface area contributed by atoms with Crippen molar-refractivity contribution < 1.29 is 0 Å². The van der Waals surface area contributed by atoms with Gasteiger partial charge in [-0.1, -0.05) is 19.9 Å². The number of nitrogens with one attached hydrogen (secondary N) is 1. The summed E-state index contributed by atoms with van der Waals surface area (Å²) in [4.78, 5) is 13.0. The van der Waals surface area contributed by atoms with E-state index in [0.29, 0.717) is 12.5 Å². The molecule has 1 N–H and O–H groups in total. The van der Waals surface area contributed by atoms with Gasteiger partial charge in [0.05, 0.1) is 6.20 Å². The molecule has 4 aromatic heterocycles. The molecule has 0 unspecified atom stereocenters. The van der Waals surface area contributed by atoms with Gasteiger partial charge >= 0.3 is 0 Å². The fraction of sp³-hybridized carbons (Fsp3) is 0.235. The highest BCUT2D eigenvalue weighted by molar-refractivity contribution is 5.50. The van der Waals surface area contributed by atoms with Crippen molar-refractivity contribution in [3.8, 4) is 5.82 Å². The molecule has 4 rings (SSSR count). The van der Waals surface area contributed by atoms with E-state index in [1.165, 1.54) is 6.33 Å². The molecule has 0 saturated heterocycles. The van der Waals surface area contributed by atoms with E-state index in [-0.39, 0.29) is 0 Å². The Kier molecular flexibility index (Phi) is 3.85. The van der Waals surface area contributed by atoms with E-state index in [2.05, 4.69) is 44.3 Å². The Bertz CT molecular complexity index is 987. The Morgan fingerprint density at radius 3 is 2.88 bits per heavy atom. The molecule has 0 atom stereocenters. The van der Waals surface area contributed by atoms with Gasteiger partial charge in [0.2, 0.25) is 0 Å². The van der Waals surface area contributed by atoms with Gasteiger partial charge in [0.15, 0.2) is 11.5 Å². The van der Waals surface area contributed by atoms with Crippen LogP contribution in [-0.2, 0) is 6.54 Å². The maximum atomic E-state index is 4.63. The zero-order valence-corrected chi connectivity index (χ0v) is 14.0. The van der Waals surface area contributed by atoms with E-state index in [0.717, 1.165) is 28.5 Å². The van der Waals surface area contributed by atoms with Crippen LogP contribution in [0, 0.1) is 0 Å². The molecule has 0 aromatic carbocycles. The van der Waals surface area contributed by atoms with Gasteiger partial charge in [0.1, 0.15) is 18.5 Å². The topological polar surface area (TPSA) is 85.8 Å². The monoisotopic (exact) mass is 334 g/mol. The van der Waals surface area contributed by atoms with E-state index in [1.807, 2.05) is 24.3 Å². The molecule has 0 bridgehead atoms. The van der Waals surface area contributed by atoms with Gasteiger partial charge < -0.3 is 5.32 Å². The molecule has 4 aromatic rings. The van der Waals surface area contributed by atoms with Gasteiger partial charge in [0.25, 0.3) is 0 Å². The van der Waals surface area contributed by atoms with Crippen molar-refractivity contribution in [1.29, 1.82) is 0 Å². The number of rotatable bonds is 5. The highest BCUT2D eigenvalue weighted by atomic mass is 15.3. The second-order valence-corrected chi connectivity index (χ2v) is 6.00. The summed E-state index contributed by atoms with van der Waals surface area (Å²) < 4.78 is 3.46. The first kappa shape index (κ1) is 15.3. The first-order valence-corrected chi connectivity index (χ1v) is 8.10. The summed E-state index contributed by atoms with van der Waals surface area (Å²) in [5.74, 6) is 1.99. The third kappa shape index (κ3) is 2.93. The van der Waals surface area contributed by atoms with Gasteiger partial charge in [-0.3, -0.25) is 0 Å². The van der Waals surface area contributed by atoms with Crippen LogP contribution in [0.2, 0.25) is 0 Å². The van der Waals surface area contributed by atoms with Crippen LogP contribution in [0.5, 0.6) is 0 Å². The summed E-state index contributed by atoms with van der Waals surface area (Å²) in [7, 11) is 0. The number of pyridine rings is 1. The number of nitrogens with zero attached hydrogens (tertiary/aromatic N) is 7. The van der Waals surface area contributed by atoms with Crippen molar-refractivity contribution in [3.05, 3.63) is 60.6 Å². The van der Waals surface area contributed by atoms with Gasteiger partial charge in [-0.15, -0.1) is 0 Å². The lowest BCUT2D eigenvalue weighted by Gasteiger charge is -2.13. The highest BCUT2D eigenvalue weighted by Crippen LogP contribution is 2.20. The third-order valence-electron chi connectivity index (χ3n) is 3.93. The Balaban J connectivity index is 1.67. The number of hydrogen-bond acceptors (Lipinski definition) is 6. The normalized spacial score (nSPS) is 11.3. The molecule has 4 heterocycles. The largest absolute Gasteiger partial charge is 0.366 e. The summed E-state index contributed by atoms with van der Waals surface area (Å²) in [6.07, 6.45) is 6.63. The number of hydrogen-bond donors (Lipinski definition) is 1. The summed E-state index contributed by atoms with van der Waals surface area (Å²) in [5.41, 5.74) is 2.87. The molecule has 0 fully saturated rings. The lowest BCUT2D eigenvalue weighted by Crippen LogP contribution is -2.11. The van der Waals surface area contributed by atoms with Crippen molar-refractivity contribution >= 4 is 11.5 Å². The highest BCUT2D eigenvalue weighted by Gasteiger charge is 2.11. The maximum absolute atomic E-state index is 4.63. The molecule has 0 radical (unpaired) electrons. The smallest absolute Gasteiger partial charge is 0.160 e. The predicted molar refractivity (Wildman–Crippen MR) is 93.6 cm³/mol. The summed E-state index contributed by atoms with van der Waals surface area (Å²) >= 11 is 0. The molecule has 0 aliphatic carbocycles. The first-order valence-electron chi connectivity index (χ1n) is 8.10. The molecule has 126 valence electrons. The van der Waals surface area contributed by atoms with Crippen LogP contribution in [0.25, 0.3) is 11.5 Å². The number of aromatic nitrogens is 7. The average Bonchev–Trinajstić information content (AvgIpc) is 3.31. The van der Waals surface area contributed by atoms with Crippen LogP contribution in [0.3, 0.4) is 0 Å². The zero-order valence-electron chi connectivity index (χ0n) is 14.0. The summed E-state index contributed by atoms with van der Waals surface area (Å²) in [6, 6.07) is 7.87. The van der Waals surface area contributed by atoms with Crippen LogP contribution >= 0.6 is 0 Å². The van der Waals surface area contributed by atoms with Crippen LogP contribution in [0.15, 0.2) is 49.3 Å². The summed E-state index contributed by atoms with van der Waals surface area (Å²) in [6.45, 7) is 4.84. The van der Waals surface area contributed by atoms with Gasteiger partial charge in [0, 0.05) is 36.1 Å². The predicted octanol–water partition coefficient (Wildman–Crippen LogP) is 2.44. The van der Waals surface area contributed by atoms with E-state index in [1.54, 1.807) is 27.9 Å². The minimum Gasteiger partial charge on any atom is -0.366 e. The minimum absolute atomic E-state index is 0.338. The molecule has 0 spiro atoms. The Labute approximate surface area is 144 Å². The standard InChI is InChI=1S/C17H18N8/c1-12(2)14-8-16(25-15(23-14)5-7-21-25)20-9-13-4-3-6-19-17(13)24-11-18-10-22-24/h3-8,10-12,20H,9H2,1-2H3. The molecule has 8 nitrogen and oxygen atoms in total. The van der Waals surface area contributed by atoms with Crippen LogP contribution in [0.4, 0.5) is 5.82 Å². The fourth-order valence-electron chi connectivity index (χ4n) is 2.63. The van der Waals surface area contributed by atoms with Crippen molar-refractivity contribution in [1.82, 2.24) is 34.3 Å². The van der Waals surface area contributed by atoms with Gasteiger partial charge in [-0.05, 0) is 12.0 Å². The molecular weight excluding hydrogens is 316 g/mol. The molecule has 0 aliphatic heterocycles. The molecule has 25 heavy (non-hydrogen) atoms. The number of anilines is 1. The van der Waals surface area contributed by atoms with E-state index < -0.39 is 0 Å². The minimum atomic E-state index is 0.338. The van der Waals surface area contributed by atoms with E-state index >= 15 is 0 Å². The van der Waals surface area contributed by atoms with E-state index in [4.69, 9.17) is 0 Å². The average molecular weight is 334 g/mol. The second-order valence-electron chi connectivity index (χ2n) is 6.00. The maximum Gasteiger partial charge on any atom is 0.160 e. The Morgan fingerprint density at radius 1 is 1.16 bits per heavy atom. The fourth-order valence-corrected chi connectivity index (χ4v) is 2.63. The lowest BCUT2D eigenvalue weighted by molar-refractivity contribution is 0.805. The second kappa shape index (κ2) is 6.31. The van der Waals surface area contributed by atoms with Gasteiger partial charge in [-0.25, -0.2) is 19.6 Å². The van der Waals surface area contributed by atoms with Crippen molar-refractivity contribution in [2.45, 2.75) is 26.3 Å². The molecule has 8 heteroatoms. The van der Waals surface area contributed by atoms with Gasteiger partial charge in [-0.2, -0.15) is 14.7 Å². The molecular formula is C17H18N8. The quantitative estimate of drug-likeness (QED) is 0.603. The van der Waals surface area contributed by atoms with E-state index in [9.17, 15) is 0 Å². The van der Waals surface area contributed by atoms with Crippen molar-refractivity contribution in [2.24, 2.45) is 0 Å². The molecule has 0 amide bonds. The molecule has 0 aliphatic rings. The van der Waals surface area contributed by atoms with Crippen LogP contribution in [-0.4, -0.2) is 34.3 Å².